The molecule has 0 aromatic carbocycles. The molecule has 0 radical (unpaired) electrons. The molecule has 27 nitrogen and oxygen atoms in total. The Kier molecular flexibility index (Phi) is 22.7. The Morgan fingerprint density at radius 2 is 1.20 bits per heavy atom. The SMILES string of the molecule is C.C.CC(C)(C)OC(=O)N1CCC(=O)CC1.CC(C)(C)OC(=O)N1CCc2ncc([N+](=O)[O-])cc2C1.Cn1cc([N+](=O)[O-])cc([N+](=O)[O-])c1=O.Nc1cnc2ccncc2c1.O=[N+]([O-])c1cnc2c(c1)CNCC2. The number of anilines is 1. The van der Waals surface area contributed by atoms with Crippen LogP contribution >= 0.6 is 0 Å². The Labute approximate surface area is 425 Å². The van der Waals surface area contributed by atoms with Crippen LogP contribution in [0.2, 0.25) is 0 Å². The largest absolute Gasteiger partial charge is 0.444 e. The molecule has 0 aliphatic carbocycles. The number of nitrogens with one attached hydrogen (secondary N) is 1. The number of amides is 2. The summed E-state index contributed by atoms with van der Waals surface area (Å²) >= 11 is 0. The molecule has 1 saturated heterocycles. The maximum atomic E-state index is 12.0. The number of Topliss-reactive ketones (excluding diaryl/α,β-unsaturated/α-hetero) is 1. The van der Waals surface area contributed by atoms with Crippen LogP contribution in [-0.2, 0) is 47.2 Å². The Balaban J connectivity index is 0.000000319. The van der Waals surface area contributed by atoms with Crippen LogP contribution < -0.4 is 16.6 Å². The molecule has 0 atom stereocenters. The quantitative estimate of drug-likeness (QED) is 0.133. The van der Waals surface area contributed by atoms with Crippen molar-refractivity contribution in [3.8, 4) is 0 Å². The van der Waals surface area contributed by atoms with Gasteiger partial charge in [-0.1, -0.05) is 14.9 Å². The molecule has 27 heteroatoms. The summed E-state index contributed by atoms with van der Waals surface area (Å²) in [6.45, 7) is 14.3. The number of nitrogen functional groups attached to an aromatic ring is 1. The molecule has 5 aromatic heterocycles. The standard InChI is InChI=1S/C13H17N3O4.C10H17NO3.C8H9N3O2.C8H7N3.C6H5N3O5.2CH4/c1-13(2,3)20-12(17)15-5-4-11-9(8-15)6-10(7-14-11)16(18)19;1-10(2,3)14-9(13)11-6-4-8(12)5-7-11;12-11(13)7-3-6-4-9-2-1-8(6)10-5-7;9-7-3-6-4-10-2-1-8(6)11-5-7;1-7-3-4(8(11)12)2-5(6(7)10)9(13)14;;/h6-7H,4-5,8H2,1-3H3;4-7H2,1-3H3;3,5,9H,1-2,4H2;1-5H,9H2;2-3H,1H3;2*1H4. The number of pyridine rings is 5. The predicted octanol–water partition coefficient (Wildman–Crippen LogP) is 7.19. The van der Waals surface area contributed by atoms with Crippen LogP contribution in [0.15, 0.2) is 72.3 Å². The fraction of sp³-hybridized carbons (Fsp3) is 0.447. The highest BCUT2D eigenvalue weighted by Crippen LogP contribution is 2.24. The monoisotopic (exact) mass is 1030 g/mol. The topological polar surface area (TPSA) is 360 Å². The van der Waals surface area contributed by atoms with E-state index < -0.39 is 53.9 Å². The van der Waals surface area contributed by atoms with Crippen molar-refractivity contribution >= 4 is 57.3 Å². The van der Waals surface area contributed by atoms with E-state index in [1.54, 1.807) is 55.2 Å². The van der Waals surface area contributed by atoms with E-state index in [-0.39, 0.29) is 38.1 Å². The van der Waals surface area contributed by atoms with Gasteiger partial charge in [0.1, 0.15) is 35.4 Å². The number of nitrogens with two attached hydrogens (primary N) is 1. The zero-order chi connectivity index (χ0) is 53.5. The summed E-state index contributed by atoms with van der Waals surface area (Å²) in [5, 5.41) is 45.9. The average molecular weight is 1030 g/mol. The fourth-order valence-corrected chi connectivity index (χ4v) is 6.59. The first-order valence-electron chi connectivity index (χ1n) is 22.1. The molecule has 0 unspecified atom stereocenters. The molecule has 8 heterocycles. The van der Waals surface area contributed by atoms with Crippen LogP contribution in [-0.4, -0.2) is 109 Å². The minimum Gasteiger partial charge on any atom is -0.444 e. The number of carbonyl (C=O) groups excluding carboxylic acids is 3. The minimum atomic E-state index is -0.949. The smallest absolute Gasteiger partial charge is 0.410 e. The third-order valence-corrected chi connectivity index (χ3v) is 10.0. The summed E-state index contributed by atoms with van der Waals surface area (Å²) in [4.78, 5) is 104. The molecule has 3 aliphatic rings. The molecule has 74 heavy (non-hydrogen) atoms. The van der Waals surface area contributed by atoms with E-state index >= 15 is 0 Å². The number of carbonyl (C=O) groups is 3. The van der Waals surface area contributed by atoms with Crippen molar-refractivity contribution in [2.24, 2.45) is 7.05 Å². The first-order chi connectivity index (χ1) is 33.7. The lowest BCUT2D eigenvalue weighted by molar-refractivity contribution is -0.395. The molecule has 3 N–H and O–H groups in total. The Hall–Kier alpha value is -8.62. The van der Waals surface area contributed by atoms with Crippen LogP contribution in [0.1, 0.15) is 91.8 Å². The second kappa shape index (κ2) is 27.3. The van der Waals surface area contributed by atoms with Gasteiger partial charge in [0.25, 0.3) is 17.1 Å². The van der Waals surface area contributed by atoms with Crippen LogP contribution in [0.4, 0.5) is 38.0 Å². The van der Waals surface area contributed by atoms with E-state index in [0.717, 1.165) is 51.6 Å². The third kappa shape index (κ3) is 19.2. The number of hydrogen-bond donors (Lipinski definition) is 2. The minimum absolute atomic E-state index is 0. The second-order valence-corrected chi connectivity index (χ2v) is 18.0. The van der Waals surface area contributed by atoms with E-state index in [4.69, 9.17) is 15.2 Å². The van der Waals surface area contributed by atoms with E-state index in [9.17, 15) is 59.6 Å². The van der Waals surface area contributed by atoms with Gasteiger partial charge in [-0.25, -0.2) is 9.59 Å². The highest BCUT2D eigenvalue weighted by molar-refractivity contribution is 5.81. The molecule has 0 bridgehead atoms. The summed E-state index contributed by atoms with van der Waals surface area (Å²) in [7, 11) is 1.21. The lowest BCUT2D eigenvalue weighted by atomic mass is 10.1. The van der Waals surface area contributed by atoms with E-state index in [1.165, 1.54) is 25.5 Å². The number of aryl methyl sites for hydroxylation is 1. The van der Waals surface area contributed by atoms with Gasteiger partial charge in [0.2, 0.25) is 0 Å². The average Bonchev–Trinajstić information content (AvgIpc) is 3.31. The number of aromatic nitrogens is 5. The van der Waals surface area contributed by atoms with Crippen molar-refractivity contribution in [1.29, 1.82) is 0 Å². The van der Waals surface area contributed by atoms with Gasteiger partial charge in [0.05, 0.1) is 49.8 Å². The van der Waals surface area contributed by atoms with Crippen LogP contribution in [0.5, 0.6) is 0 Å². The number of likely N-dealkylation sites (tertiary alicyclic amines) is 1. The number of nitrogens with zero attached hydrogens (tertiary/aromatic N) is 11. The molecule has 400 valence electrons. The van der Waals surface area contributed by atoms with Gasteiger partial charge in [-0.05, 0) is 59.2 Å². The van der Waals surface area contributed by atoms with Gasteiger partial charge in [-0.3, -0.25) is 70.0 Å². The van der Waals surface area contributed by atoms with Crippen molar-refractivity contribution in [3.63, 3.8) is 0 Å². The molecule has 3 aliphatic heterocycles. The zero-order valence-corrected chi connectivity index (χ0v) is 40.6. The first kappa shape index (κ1) is 61.5. The summed E-state index contributed by atoms with van der Waals surface area (Å²) in [6.07, 6.45) is 10.2. The van der Waals surface area contributed by atoms with Crippen molar-refractivity contribution in [2.75, 3.05) is 31.9 Å². The van der Waals surface area contributed by atoms with Gasteiger partial charge in [-0.2, -0.15) is 0 Å². The van der Waals surface area contributed by atoms with Crippen LogP contribution in [0.3, 0.4) is 0 Å². The number of piperidine rings is 1. The number of nitro groups is 4. The van der Waals surface area contributed by atoms with Crippen molar-refractivity contribution in [2.45, 2.75) is 106 Å². The van der Waals surface area contributed by atoms with Crippen LogP contribution in [0.25, 0.3) is 10.9 Å². The first-order valence-corrected chi connectivity index (χ1v) is 22.1. The highest BCUT2D eigenvalue weighted by atomic mass is 16.6. The summed E-state index contributed by atoms with van der Waals surface area (Å²) in [6, 6.07) is 7.42. The van der Waals surface area contributed by atoms with Crippen LogP contribution in [0, 0.1) is 40.5 Å². The number of rotatable bonds is 4. The lowest BCUT2D eigenvalue weighted by Crippen LogP contribution is -2.41. The number of fused-ring (bicyclic) bond motifs is 3. The van der Waals surface area contributed by atoms with Crippen molar-refractivity contribution in [3.05, 3.63) is 141 Å². The molecule has 0 saturated carbocycles. The Morgan fingerprint density at radius 3 is 1.74 bits per heavy atom. The maximum absolute atomic E-state index is 12.0. The third-order valence-electron chi connectivity index (χ3n) is 10.0. The normalized spacial score (nSPS) is 13.4. The van der Waals surface area contributed by atoms with Gasteiger partial charge >= 0.3 is 23.4 Å². The molecule has 0 spiro atoms. The second-order valence-electron chi connectivity index (χ2n) is 18.0. The Morgan fingerprint density at radius 1 is 0.676 bits per heavy atom. The number of hydrogen-bond acceptors (Lipinski definition) is 20. The fourth-order valence-electron chi connectivity index (χ4n) is 6.59. The number of ether oxygens (including phenoxy) is 2. The molecule has 5 aromatic rings. The van der Waals surface area contributed by atoms with E-state index in [2.05, 4.69) is 25.3 Å². The summed E-state index contributed by atoms with van der Waals surface area (Å²) in [5.74, 6) is 0.227. The highest BCUT2D eigenvalue weighted by Gasteiger charge is 2.28. The Bertz CT molecular complexity index is 2870. The summed E-state index contributed by atoms with van der Waals surface area (Å²) in [5.41, 5.74) is 7.39. The van der Waals surface area contributed by atoms with Gasteiger partial charge in [0.15, 0.2) is 0 Å². The molecular formula is C47H63N13O14. The summed E-state index contributed by atoms with van der Waals surface area (Å²) < 4.78 is 11.3. The van der Waals surface area contributed by atoms with Crippen molar-refractivity contribution < 1.29 is 43.6 Å². The number of ketones is 1. The zero-order valence-electron chi connectivity index (χ0n) is 40.6. The molecule has 8 rings (SSSR count). The van der Waals surface area contributed by atoms with Gasteiger partial charge in [0, 0.05) is 112 Å². The molecule has 2 amide bonds. The lowest BCUT2D eigenvalue weighted by Gasteiger charge is -2.30. The molecule has 1 fully saturated rings. The van der Waals surface area contributed by atoms with E-state index in [1.807, 2.05) is 32.9 Å². The predicted molar refractivity (Wildman–Crippen MR) is 272 cm³/mol. The van der Waals surface area contributed by atoms with E-state index in [0.29, 0.717) is 69.3 Å². The van der Waals surface area contributed by atoms with Crippen molar-refractivity contribution in [1.82, 2.24) is 39.6 Å². The van der Waals surface area contributed by atoms with Gasteiger partial charge in [-0.15, -0.1) is 0 Å². The maximum Gasteiger partial charge on any atom is 0.410 e. The van der Waals surface area contributed by atoms with Gasteiger partial charge < -0.3 is 34.9 Å². The molecular weight excluding hydrogens is 971 g/mol.